The molecule has 0 fully saturated rings. The fourth-order valence-electron chi connectivity index (χ4n) is 2.84. The Kier molecular flexibility index (Phi) is 4.79. The Bertz CT molecular complexity index is 389. The van der Waals surface area contributed by atoms with Crippen LogP contribution in [0, 0.1) is 0 Å². The number of rotatable bonds is 6. The number of fused-ring (bicyclic) bond motifs is 1. The summed E-state index contributed by atoms with van der Waals surface area (Å²) in [6, 6.07) is 7.53. The minimum absolute atomic E-state index is 0.317. The summed E-state index contributed by atoms with van der Waals surface area (Å²) in [6.45, 7) is 2.13. The Morgan fingerprint density at radius 3 is 2.78 bits per heavy atom. The maximum atomic E-state index is 5.35. The zero-order chi connectivity index (χ0) is 13.0. The molecule has 0 aliphatic heterocycles. The molecule has 1 N–H and O–H groups in total. The number of nitrogens with one attached hydrogen (secondary N) is 1. The van der Waals surface area contributed by atoms with Crippen LogP contribution in [0.15, 0.2) is 18.2 Å². The molecule has 0 saturated heterocycles. The molecule has 0 aromatic heterocycles. The van der Waals surface area contributed by atoms with E-state index in [-0.39, 0.29) is 0 Å². The maximum absolute atomic E-state index is 5.35. The van der Waals surface area contributed by atoms with Crippen LogP contribution in [-0.2, 0) is 24.0 Å². The molecule has 2 rings (SSSR count). The first kappa shape index (κ1) is 13.6. The van der Waals surface area contributed by atoms with Crippen LogP contribution in [-0.4, -0.2) is 26.3 Å². The monoisotopic (exact) mass is 247 g/mol. The van der Waals surface area contributed by atoms with Gasteiger partial charge in [-0.3, -0.25) is 0 Å². The largest absolute Gasteiger partial charge is 0.382 e. The van der Waals surface area contributed by atoms with Crippen molar-refractivity contribution in [3.63, 3.8) is 0 Å². The highest BCUT2D eigenvalue weighted by atomic mass is 16.5. The second kappa shape index (κ2) is 6.35. The van der Waals surface area contributed by atoms with E-state index in [1.807, 2.05) is 7.05 Å². The number of hydrogen-bond acceptors (Lipinski definition) is 2. The second-order valence-electron chi connectivity index (χ2n) is 5.43. The first-order chi connectivity index (χ1) is 8.72. The molecule has 18 heavy (non-hydrogen) atoms. The van der Waals surface area contributed by atoms with Crippen molar-refractivity contribution < 1.29 is 4.74 Å². The van der Waals surface area contributed by atoms with Crippen LogP contribution in [0.1, 0.15) is 36.5 Å². The molecule has 1 aliphatic rings. The summed E-state index contributed by atoms with van der Waals surface area (Å²) < 4.78 is 5.35. The van der Waals surface area contributed by atoms with Crippen molar-refractivity contribution in [3.05, 3.63) is 34.9 Å². The molecule has 0 heterocycles. The van der Waals surface area contributed by atoms with Crippen LogP contribution in [0.5, 0.6) is 0 Å². The zero-order valence-electron chi connectivity index (χ0n) is 11.8. The van der Waals surface area contributed by atoms with Crippen molar-refractivity contribution >= 4 is 0 Å². The van der Waals surface area contributed by atoms with E-state index in [2.05, 4.69) is 30.4 Å². The van der Waals surface area contributed by atoms with Gasteiger partial charge in [0.15, 0.2) is 0 Å². The minimum atomic E-state index is 0.317. The average Bonchev–Trinajstić information content (AvgIpc) is 2.85. The lowest BCUT2D eigenvalue weighted by Gasteiger charge is -2.20. The summed E-state index contributed by atoms with van der Waals surface area (Å²) in [5.41, 5.74) is 4.59. The molecule has 0 saturated carbocycles. The van der Waals surface area contributed by atoms with Crippen LogP contribution in [0.3, 0.4) is 0 Å². The number of methoxy groups -OCH3 is 1. The van der Waals surface area contributed by atoms with Crippen LogP contribution in [0.2, 0.25) is 0 Å². The lowest BCUT2D eigenvalue weighted by atomic mass is 9.98. The van der Waals surface area contributed by atoms with E-state index in [9.17, 15) is 0 Å². The molecular weight excluding hydrogens is 222 g/mol. The van der Waals surface area contributed by atoms with Gasteiger partial charge in [-0.05, 0) is 62.8 Å². The van der Waals surface area contributed by atoms with E-state index >= 15 is 0 Å². The Morgan fingerprint density at radius 2 is 2.06 bits per heavy atom. The van der Waals surface area contributed by atoms with Crippen molar-refractivity contribution in [3.8, 4) is 0 Å². The van der Waals surface area contributed by atoms with Gasteiger partial charge in [0.05, 0.1) is 6.10 Å². The van der Waals surface area contributed by atoms with Gasteiger partial charge >= 0.3 is 0 Å². The summed E-state index contributed by atoms with van der Waals surface area (Å²) in [6.07, 6.45) is 6.33. The lowest BCUT2D eigenvalue weighted by Crippen LogP contribution is -2.31. The Morgan fingerprint density at radius 1 is 1.28 bits per heavy atom. The molecule has 0 radical (unpaired) electrons. The highest BCUT2D eigenvalue weighted by Crippen LogP contribution is 2.23. The Labute approximate surface area is 111 Å². The molecule has 2 heteroatoms. The molecule has 0 spiro atoms. The molecule has 0 amide bonds. The van der Waals surface area contributed by atoms with Gasteiger partial charge < -0.3 is 10.1 Å². The standard InChI is InChI=1S/C16H25NO/c1-12(18-3)9-16(17-2)11-13-7-8-14-5-4-6-15(14)10-13/h7-8,10,12,16-17H,4-6,9,11H2,1-3H3. The van der Waals surface area contributed by atoms with E-state index < -0.39 is 0 Å². The third kappa shape index (κ3) is 3.33. The summed E-state index contributed by atoms with van der Waals surface area (Å²) >= 11 is 0. The third-order valence-corrected chi connectivity index (χ3v) is 4.07. The zero-order valence-corrected chi connectivity index (χ0v) is 11.8. The van der Waals surface area contributed by atoms with E-state index in [0.717, 1.165) is 12.8 Å². The third-order valence-electron chi connectivity index (χ3n) is 4.07. The van der Waals surface area contributed by atoms with E-state index in [0.29, 0.717) is 12.1 Å². The smallest absolute Gasteiger partial charge is 0.0558 e. The van der Waals surface area contributed by atoms with Gasteiger partial charge in [-0.2, -0.15) is 0 Å². The van der Waals surface area contributed by atoms with Crippen LogP contribution < -0.4 is 5.32 Å². The first-order valence-corrected chi connectivity index (χ1v) is 7.03. The van der Waals surface area contributed by atoms with Crippen molar-refractivity contribution in [2.45, 2.75) is 51.2 Å². The van der Waals surface area contributed by atoms with Crippen LogP contribution in [0.4, 0.5) is 0 Å². The summed E-state index contributed by atoms with van der Waals surface area (Å²) in [5.74, 6) is 0. The van der Waals surface area contributed by atoms with Gasteiger partial charge in [0, 0.05) is 13.2 Å². The fraction of sp³-hybridized carbons (Fsp3) is 0.625. The molecule has 100 valence electrons. The first-order valence-electron chi connectivity index (χ1n) is 7.03. The fourth-order valence-corrected chi connectivity index (χ4v) is 2.84. The van der Waals surface area contributed by atoms with E-state index in [4.69, 9.17) is 4.74 Å². The SMILES string of the molecule is CNC(Cc1ccc2c(c1)CCC2)CC(C)OC. The minimum Gasteiger partial charge on any atom is -0.382 e. The predicted molar refractivity (Wildman–Crippen MR) is 76.1 cm³/mol. The molecule has 2 nitrogen and oxygen atoms in total. The van der Waals surface area contributed by atoms with E-state index in [1.54, 1.807) is 18.2 Å². The van der Waals surface area contributed by atoms with Crippen LogP contribution in [0.25, 0.3) is 0 Å². The van der Waals surface area contributed by atoms with Crippen LogP contribution >= 0.6 is 0 Å². The molecule has 2 atom stereocenters. The molecule has 1 aromatic carbocycles. The topological polar surface area (TPSA) is 21.3 Å². The Balaban J connectivity index is 1.98. The van der Waals surface area contributed by atoms with Gasteiger partial charge in [0.1, 0.15) is 0 Å². The van der Waals surface area contributed by atoms with Crippen molar-refractivity contribution in [2.75, 3.05) is 14.2 Å². The quantitative estimate of drug-likeness (QED) is 0.834. The summed E-state index contributed by atoms with van der Waals surface area (Å²) in [7, 11) is 3.83. The van der Waals surface area contributed by atoms with Gasteiger partial charge in [-0.25, -0.2) is 0 Å². The summed E-state index contributed by atoms with van der Waals surface area (Å²) in [5, 5.41) is 3.40. The van der Waals surface area contributed by atoms with Crippen molar-refractivity contribution in [1.29, 1.82) is 0 Å². The highest BCUT2D eigenvalue weighted by molar-refractivity contribution is 5.35. The van der Waals surface area contributed by atoms with Crippen molar-refractivity contribution in [2.24, 2.45) is 0 Å². The molecule has 2 unspecified atom stereocenters. The van der Waals surface area contributed by atoms with Gasteiger partial charge in [-0.15, -0.1) is 0 Å². The maximum Gasteiger partial charge on any atom is 0.0558 e. The lowest BCUT2D eigenvalue weighted by molar-refractivity contribution is 0.101. The summed E-state index contributed by atoms with van der Waals surface area (Å²) in [4.78, 5) is 0. The molecule has 0 bridgehead atoms. The highest BCUT2D eigenvalue weighted by Gasteiger charge is 2.14. The number of aryl methyl sites for hydroxylation is 2. The van der Waals surface area contributed by atoms with Crippen molar-refractivity contribution in [1.82, 2.24) is 5.32 Å². The number of benzene rings is 1. The predicted octanol–water partition coefficient (Wildman–Crippen LogP) is 2.73. The second-order valence-corrected chi connectivity index (χ2v) is 5.43. The average molecular weight is 247 g/mol. The van der Waals surface area contributed by atoms with Gasteiger partial charge in [0.25, 0.3) is 0 Å². The molecule has 1 aromatic rings. The molecular formula is C16H25NO. The molecule has 1 aliphatic carbocycles. The number of hydrogen-bond donors (Lipinski definition) is 1. The Hall–Kier alpha value is -0.860. The van der Waals surface area contributed by atoms with Gasteiger partial charge in [-0.1, -0.05) is 18.2 Å². The van der Waals surface area contributed by atoms with E-state index in [1.165, 1.54) is 24.8 Å². The normalized spacial score (nSPS) is 17.5. The van der Waals surface area contributed by atoms with Gasteiger partial charge in [0.2, 0.25) is 0 Å². The number of ether oxygens (including phenoxy) is 1. The number of likely N-dealkylation sites (N-methyl/N-ethyl adjacent to an activating group) is 1.